The maximum Gasteiger partial charge on any atom is 0.252 e. The molecule has 0 aliphatic carbocycles. The van der Waals surface area contributed by atoms with Crippen molar-refractivity contribution < 1.29 is 4.79 Å². The lowest BCUT2D eigenvalue weighted by molar-refractivity contribution is 0.0951. The van der Waals surface area contributed by atoms with Gasteiger partial charge in [-0.2, -0.15) is 0 Å². The summed E-state index contributed by atoms with van der Waals surface area (Å²) in [6.45, 7) is 4.66. The molecule has 130 valence electrons. The van der Waals surface area contributed by atoms with Crippen molar-refractivity contribution in [3.63, 3.8) is 0 Å². The lowest BCUT2D eigenvalue weighted by atomic mass is 10.1. The molecular weight excluding hydrogens is 324 g/mol. The molecule has 0 saturated carbocycles. The van der Waals surface area contributed by atoms with Gasteiger partial charge in [-0.05, 0) is 43.2 Å². The summed E-state index contributed by atoms with van der Waals surface area (Å²) in [6.07, 6.45) is 3.43. The number of hydrogen-bond donors (Lipinski definition) is 3. The number of nitrogens with zero attached hydrogens (tertiary/aromatic N) is 1. The van der Waals surface area contributed by atoms with Crippen molar-refractivity contribution in [1.82, 2.24) is 20.3 Å². The Morgan fingerprint density at radius 1 is 1.15 bits per heavy atom. The maximum absolute atomic E-state index is 12.7. The fourth-order valence-electron chi connectivity index (χ4n) is 3.20. The Morgan fingerprint density at radius 2 is 2.00 bits per heavy atom. The van der Waals surface area contributed by atoms with E-state index in [-0.39, 0.29) is 5.91 Å². The van der Waals surface area contributed by atoms with Crippen molar-refractivity contribution in [3.05, 3.63) is 77.2 Å². The van der Waals surface area contributed by atoms with Gasteiger partial charge in [-0.25, -0.2) is 4.98 Å². The third kappa shape index (κ3) is 2.88. The van der Waals surface area contributed by atoms with E-state index in [1.165, 1.54) is 16.6 Å². The molecule has 0 saturated heterocycles. The number of H-pyrrole nitrogens is 2. The Morgan fingerprint density at radius 3 is 2.81 bits per heavy atom. The molecule has 3 N–H and O–H groups in total. The number of amides is 1. The first-order chi connectivity index (χ1) is 12.6. The van der Waals surface area contributed by atoms with Crippen LogP contribution in [-0.2, 0) is 6.54 Å². The lowest BCUT2D eigenvalue weighted by Crippen LogP contribution is -2.23. The summed E-state index contributed by atoms with van der Waals surface area (Å²) in [4.78, 5) is 23.4. The minimum atomic E-state index is -0.112. The van der Waals surface area contributed by atoms with Gasteiger partial charge in [0.15, 0.2) is 0 Å². The van der Waals surface area contributed by atoms with Gasteiger partial charge in [0.2, 0.25) is 0 Å². The van der Waals surface area contributed by atoms with Crippen LogP contribution < -0.4 is 5.32 Å². The van der Waals surface area contributed by atoms with Crippen molar-refractivity contribution in [3.8, 4) is 11.4 Å². The summed E-state index contributed by atoms with van der Waals surface area (Å²) in [5, 5.41) is 4.22. The number of carbonyl (C=O) groups is 1. The summed E-state index contributed by atoms with van der Waals surface area (Å²) >= 11 is 0. The molecule has 2 heterocycles. The van der Waals surface area contributed by atoms with Gasteiger partial charge in [-0.3, -0.25) is 4.79 Å². The van der Waals surface area contributed by atoms with Crippen molar-refractivity contribution in [2.24, 2.45) is 0 Å². The molecule has 0 aliphatic rings. The zero-order valence-corrected chi connectivity index (χ0v) is 14.8. The molecule has 0 atom stereocenters. The predicted octanol–water partition coefficient (Wildman–Crippen LogP) is 4.10. The molecule has 0 fully saturated rings. The fraction of sp³-hybridized carbons (Fsp3) is 0.143. The molecule has 0 radical (unpaired) electrons. The summed E-state index contributed by atoms with van der Waals surface area (Å²) in [5.41, 5.74) is 6.02. The molecular formula is C21H20N4O. The Kier molecular flexibility index (Phi) is 4.05. The zero-order valence-electron chi connectivity index (χ0n) is 14.8. The van der Waals surface area contributed by atoms with Gasteiger partial charge in [-0.1, -0.05) is 24.3 Å². The van der Waals surface area contributed by atoms with Gasteiger partial charge in [0, 0.05) is 41.1 Å². The first-order valence-electron chi connectivity index (χ1n) is 8.58. The van der Waals surface area contributed by atoms with Crippen LogP contribution >= 0.6 is 0 Å². The quantitative estimate of drug-likeness (QED) is 0.521. The van der Waals surface area contributed by atoms with Crippen LogP contribution in [0.5, 0.6) is 0 Å². The third-order valence-electron chi connectivity index (χ3n) is 4.75. The highest BCUT2D eigenvalue weighted by Crippen LogP contribution is 2.23. The van der Waals surface area contributed by atoms with Gasteiger partial charge in [-0.15, -0.1) is 0 Å². The minimum absolute atomic E-state index is 0.112. The first-order valence-corrected chi connectivity index (χ1v) is 8.58. The highest BCUT2D eigenvalue weighted by Gasteiger charge is 2.14. The van der Waals surface area contributed by atoms with Crippen LogP contribution in [0.1, 0.15) is 27.2 Å². The standard InChI is InChI=1S/C21H20N4O/c1-13-14(2)25-19-8-7-15(11-18(13)19)12-24-21(26)17-6-4-3-5-16(17)20-22-9-10-23-20/h3-11,25H,12H2,1-2H3,(H,22,23)(H,24,26). The first kappa shape index (κ1) is 16.1. The van der Waals surface area contributed by atoms with Crippen LogP contribution in [0.4, 0.5) is 0 Å². The molecule has 5 heteroatoms. The molecule has 4 rings (SSSR count). The Hall–Kier alpha value is -3.34. The lowest BCUT2D eigenvalue weighted by Gasteiger charge is -2.09. The van der Waals surface area contributed by atoms with E-state index in [0.29, 0.717) is 17.9 Å². The number of aromatic amines is 2. The Balaban J connectivity index is 1.56. The van der Waals surface area contributed by atoms with Gasteiger partial charge in [0.1, 0.15) is 5.82 Å². The molecule has 2 aromatic carbocycles. The predicted molar refractivity (Wildman–Crippen MR) is 103 cm³/mol. The summed E-state index contributed by atoms with van der Waals surface area (Å²) in [6, 6.07) is 13.7. The van der Waals surface area contributed by atoms with Crippen molar-refractivity contribution in [2.45, 2.75) is 20.4 Å². The largest absolute Gasteiger partial charge is 0.358 e. The monoisotopic (exact) mass is 344 g/mol. The number of carbonyl (C=O) groups excluding carboxylic acids is 1. The highest BCUT2D eigenvalue weighted by molar-refractivity contribution is 6.00. The summed E-state index contributed by atoms with van der Waals surface area (Å²) < 4.78 is 0. The average molecular weight is 344 g/mol. The second-order valence-corrected chi connectivity index (χ2v) is 6.42. The van der Waals surface area contributed by atoms with E-state index in [9.17, 15) is 4.79 Å². The summed E-state index contributed by atoms with van der Waals surface area (Å²) in [5.74, 6) is 0.578. The molecule has 5 nitrogen and oxygen atoms in total. The van der Waals surface area contributed by atoms with E-state index in [1.807, 2.05) is 30.3 Å². The van der Waals surface area contributed by atoms with Crippen LogP contribution in [-0.4, -0.2) is 20.9 Å². The van der Waals surface area contributed by atoms with Crippen molar-refractivity contribution in [2.75, 3.05) is 0 Å². The molecule has 26 heavy (non-hydrogen) atoms. The zero-order chi connectivity index (χ0) is 18.1. The van der Waals surface area contributed by atoms with Crippen LogP contribution in [0.3, 0.4) is 0 Å². The molecule has 0 aliphatic heterocycles. The van der Waals surface area contributed by atoms with Crippen LogP contribution in [0.2, 0.25) is 0 Å². The maximum atomic E-state index is 12.7. The second kappa shape index (κ2) is 6.52. The average Bonchev–Trinajstić information content (AvgIpc) is 3.29. The topological polar surface area (TPSA) is 73.6 Å². The van der Waals surface area contributed by atoms with Crippen molar-refractivity contribution in [1.29, 1.82) is 0 Å². The minimum Gasteiger partial charge on any atom is -0.358 e. The number of benzene rings is 2. The Labute approximate surface area is 151 Å². The number of aromatic nitrogens is 3. The van der Waals surface area contributed by atoms with Gasteiger partial charge >= 0.3 is 0 Å². The molecule has 1 amide bonds. The van der Waals surface area contributed by atoms with Crippen molar-refractivity contribution >= 4 is 16.8 Å². The normalized spacial score (nSPS) is 11.0. The molecule has 0 unspecified atom stereocenters. The number of aryl methyl sites for hydroxylation is 2. The molecule has 0 bridgehead atoms. The number of hydrogen-bond acceptors (Lipinski definition) is 2. The van der Waals surface area contributed by atoms with Gasteiger partial charge < -0.3 is 15.3 Å². The number of rotatable bonds is 4. The van der Waals surface area contributed by atoms with E-state index >= 15 is 0 Å². The second-order valence-electron chi connectivity index (χ2n) is 6.42. The molecule has 4 aromatic rings. The number of nitrogens with one attached hydrogen (secondary N) is 3. The molecule has 0 spiro atoms. The highest BCUT2D eigenvalue weighted by atomic mass is 16.1. The molecule has 2 aromatic heterocycles. The smallest absolute Gasteiger partial charge is 0.252 e. The van der Waals surface area contributed by atoms with Crippen LogP contribution in [0, 0.1) is 13.8 Å². The third-order valence-corrected chi connectivity index (χ3v) is 4.75. The number of fused-ring (bicyclic) bond motifs is 1. The van der Waals surface area contributed by atoms with Gasteiger partial charge in [0.25, 0.3) is 5.91 Å². The SMILES string of the molecule is Cc1[nH]c2ccc(CNC(=O)c3ccccc3-c3ncc[nH]3)cc2c1C. The van der Waals surface area contributed by atoms with E-state index in [0.717, 1.165) is 16.6 Å². The number of imidazole rings is 1. The Bertz CT molecular complexity index is 1080. The van der Waals surface area contributed by atoms with E-state index in [2.05, 4.69) is 46.2 Å². The fourth-order valence-corrected chi connectivity index (χ4v) is 3.20. The van der Waals surface area contributed by atoms with Crippen LogP contribution in [0.15, 0.2) is 54.9 Å². The summed E-state index contributed by atoms with van der Waals surface area (Å²) in [7, 11) is 0. The van der Waals surface area contributed by atoms with E-state index in [4.69, 9.17) is 0 Å². The van der Waals surface area contributed by atoms with Crippen LogP contribution in [0.25, 0.3) is 22.3 Å². The van der Waals surface area contributed by atoms with Gasteiger partial charge in [0.05, 0.1) is 5.56 Å². The van der Waals surface area contributed by atoms with E-state index in [1.54, 1.807) is 12.4 Å². The van der Waals surface area contributed by atoms with E-state index < -0.39 is 0 Å².